The molecule has 1 aliphatic heterocycles. The lowest BCUT2D eigenvalue weighted by Crippen LogP contribution is -2.38. The Morgan fingerprint density at radius 2 is 1.78 bits per heavy atom. The summed E-state index contributed by atoms with van der Waals surface area (Å²) in [7, 11) is 1.21. The number of nitrogens with zero attached hydrogens (tertiary/aromatic N) is 6. The predicted octanol–water partition coefficient (Wildman–Crippen LogP) is 4.25. The van der Waals surface area contributed by atoms with Crippen molar-refractivity contribution in [3.8, 4) is 11.5 Å². The first kappa shape index (κ1) is 25.1. The Morgan fingerprint density at radius 1 is 1.03 bits per heavy atom. The minimum Gasteiger partial charge on any atom is -0.467 e. The summed E-state index contributed by atoms with van der Waals surface area (Å²) >= 11 is 0. The molecule has 9 nitrogen and oxygen atoms in total. The number of carbonyl (C=O) groups is 1. The fourth-order valence-corrected chi connectivity index (χ4v) is 3.56. The van der Waals surface area contributed by atoms with Gasteiger partial charge in [-0.2, -0.15) is 41.3 Å². The molecule has 36 heavy (non-hydrogen) atoms. The number of nitrogens with one attached hydrogen (secondary N) is 1. The van der Waals surface area contributed by atoms with E-state index in [1.54, 1.807) is 0 Å². The molecular formula is C21H17F6N7O2. The van der Waals surface area contributed by atoms with Crippen LogP contribution in [0.3, 0.4) is 0 Å². The maximum absolute atomic E-state index is 13.2. The van der Waals surface area contributed by atoms with Crippen LogP contribution in [0.25, 0.3) is 11.5 Å². The Labute approximate surface area is 199 Å². The number of ether oxygens (including phenoxy) is 1. The Bertz CT molecular complexity index is 1270. The Hall–Kier alpha value is -4.04. The fourth-order valence-electron chi connectivity index (χ4n) is 3.56. The van der Waals surface area contributed by atoms with Crippen LogP contribution in [0, 0.1) is 0 Å². The maximum Gasteiger partial charge on any atom is 0.433 e. The molecule has 0 bridgehead atoms. The van der Waals surface area contributed by atoms with Crippen molar-refractivity contribution in [1.82, 2.24) is 24.9 Å². The van der Waals surface area contributed by atoms with Gasteiger partial charge in [0.25, 0.3) is 0 Å². The largest absolute Gasteiger partial charge is 0.467 e. The molecular weight excluding hydrogens is 496 g/mol. The van der Waals surface area contributed by atoms with Gasteiger partial charge < -0.3 is 15.0 Å². The SMILES string of the molecule is COC(=O)[C@H]1CCCN1c1nc(Nc2ccnc(C(F)(F)F)c2)nc(-c2cccc(C(F)(F)F)n2)n1. The molecule has 1 aliphatic rings. The molecule has 4 rings (SSSR count). The molecule has 0 spiro atoms. The van der Waals surface area contributed by atoms with Gasteiger partial charge in [-0.05, 0) is 37.1 Å². The monoisotopic (exact) mass is 513 g/mol. The van der Waals surface area contributed by atoms with Crippen molar-refractivity contribution < 1.29 is 35.9 Å². The maximum atomic E-state index is 13.2. The van der Waals surface area contributed by atoms with E-state index in [0.29, 0.717) is 19.4 Å². The van der Waals surface area contributed by atoms with Gasteiger partial charge in [-0.3, -0.25) is 4.98 Å². The number of alkyl halides is 6. The van der Waals surface area contributed by atoms with Crippen LogP contribution in [0.1, 0.15) is 24.2 Å². The summed E-state index contributed by atoms with van der Waals surface area (Å²) in [4.78, 5) is 33.0. The average molecular weight is 513 g/mol. The minimum atomic E-state index is -4.73. The number of hydrogen-bond donors (Lipinski definition) is 1. The van der Waals surface area contributed by atoms with Gasteiger partial charge >= 0.3 is 18.3 Å². The molecule has 0 amide bonds. The number of rotatable bonds is 5. The zero-order chi connectivity index (χ0) is 26.1. The second-order valence-corrected chi connectivity index (χ2v) is 7.62. The number of methoxy groups -OCH3 is 1. The summed E-state index contributed by atoms with van der Waals surface area (Å²) in [5, 5.41) is 2.60. The molecule has 15 heteroatoms. The molecule has 3 aromatic rings. The van der Waals surface area contributed by atoms with Crippen LogP contribution in [0.4, 0.5) is 43.9 Å². The highest BCUT2D eigenvalue weighted by atomic mass is 19.4. The number of anilines is 3. The zero-order valence-electron chi connectivity index (χ0n) is 18.4. The highest BCUT2D eigenvalue weighted by molar-refractivity contribution is 5.80. The zero-order valence-corrected chi connectivity index (χ0v) is 18.4. The number of halogens is 6. The molecule has 190 valence electrons. The summed E-state index contributed by atoms with van der Waals surface area (Å²) < 4.78 is 83.6. The first-order chi connectivity index (χ1) is 17.0. The van der Waals surface area contributed by atoms with Crippen LogP contribution in [0.15, 0.2) is 36.5 Å². The van der Waals surface area contributed by atoms with E-state index in [-0.39, 0.29) is 29.1 Å². The third-order valence-corrected chi connectivity index (χ3v) is 5.18. The van der Waals surface area contributed by atoms with Crippen LogP contribution in [-0.4, -0.2) is 50.6 Å². The summed E-state index contributed by atoms with van der Waals surface area (Å²) in [5.41, 5.74) is -2.69. The molecule has 1 N–H and O–H groups in total. The van der Waals surface area contributed by atoms with Gasteiger partial charge in [0.1, 0.15) is 23.1 Å². The van der Waals surface area contributed by atoms with E-state index in [2.05, 4.69) is 30.2 Å². The Morgan fingerprint density at radius 3 is 2.47 bits per heavy atom. The highest BCUT2D eigenvalue weighted by Crippen LogP contribution is 2.32. The van der Waals surface area contributed by atoms with Crippen molar-refractivity contribution in [2.45, 2.75) is 31.2 Å². The van der Waals surface area contributed by atoms with Gasteiger partial charge in [0.05, 0.1) is 7.11 Å². The fraction of sp³-hybridized carbons (Fsp3) is 0.333. The standard InChI is InChI=1S/C21H17F6N7O2/c1-36-17(35)13-5-3-9-34(13)19-32-16(12-4-2-6-14(30-12)20(22,23)24)31-18(33-19)29-11-7-8-28-15(10-11)21(25,26)27/h2,4,6-8,10,13H,3,5,9H2,1H3,(H,28,29,31,32,33)/t13-/m1/s1. The van der Waals surface area contributed by atoms with Crippen molar-refractivity contribution in [2.24, 2.45) is 0 Å². The van der Waals surface area contributed by atoms with Gasteiger partial charge in [-0.1, -0.05) is 6.07 Å². The van der Waals surface area contributed by atoms with Crippen LogP contribution in [0.2, 0.25) is 0 Å². The average Bonchev–Trinajstić information content (AvgIpc) is 3.33. The summed E-state index contributed by atoms with van der Waals surface area (Å²) in [6.07, 6.45) is -7.53. The minimum absolute atomic E-state index is 0.0802. The van der Waals surface area contributed by atoms with E-state index in [4.69, 9.17) is 4.74 Å². The van der Waals surface area contributed by atoms with Crippen molar-refractivity contribution >= 4 is 23.6 Å². The first-order valence-electron chi connectivity index (χ1n) is 10.4. The smallest absolute Gasteiger partial charge is 0.433 e. The van der Waals surface area contributed by atoms with E-state index < -0.39 is 35.8 Å². The van der Waals surface area contributed by atoms with Crippen molar-refractivity contribution in [3.05, 3.63) is 47.9 Å². The first-order valence-corrected chi connectivity index (χ1v) is 10.4. The van der Waals surface area contributed by atoms with E-state index in [1.807, 2.05) is 0 Å². The van der Waals surface area contributed by atoms with Crippen LogP contribution in [-0.2, 0) is 21.9 Å². The molecule has 1 saturated heterocycles. The highest BCUT2D eigenvalue weighted by Gasteiger charge is 2.36. The molecule has 0 aromatic carbocycles. The molecule has 0 saturated carbocycles. The second-order valence-electron chi connectivity index (χ2n) is 7.62. The molecule has 4 heterocycles. The number of carbonyl (C=O) groups excluding carboxylic acids is 1. The van der Waals surface area contributed by atoms with Crippen LogP contribution >= 0.6 is 0 Å². The number of hydrogen-bond acceptors (Lipinski definition) is 9. The van der Waals surface area contributed by atoms with Gasteiger partial charge in [0.15, 0.2) is 5.82 Å². The topological polar surface area (TPSA) is 106 Å². The van der Waals surface area contributed by atoms with Crippen LogP contribution < -0.4 is 10.2 Å². The van der Waals surface area contributed by atoms with Crippen LogP contribution in [0.5, 0.6) is 0 Å². The van der Waals surface area contributed by atoms with Crippen molar-refractivity contribution in [1.29, 1.82) is 0 Å². The van der Waals surface area contributed by atoms with E-state index in [1.165, 1.54) is 24.1 Å². The Kier molecular flexibility index (Phi) is 6.65. The third-order valence-electron chi connectivity index (χ3n) is 5.18. The lowest BCUT2D eigenvalue weighted by molar-refractivity contribution is -0.142. The predicted molar refractivity (Wildman–Crippen MR) is 113 cm³/mol. The molecule has 0 aliphatic carbocycles. The number of aromatic nitrogens is 5. The number of esters is 1. The molecule has 0 radical (unpaired) electrons. The van der Waals surface area contributed by atoms with Gasteiger partial charge in [0, 0.05) is 18.4 Å². The van der Waals surface area contributed by atoms with Gasteiger partial charge in [0.2, 0.25) is 11.9 Å². The molecule has 3 aromatic heterocycles. The summed E-state index contributed by atoms with van der Waals surface area (Å²) in [5.74, 6) is -1.21. The van der Waals surface area contributed by atoms with E-state index in [0.717, 1.165) is 24.4 Å². The van der Waals surface area contributed by atoms with Gasteiger partial charge in [-0.25, -0.2) is 9.78 Å². The van der Waals surface area contributed by atoms with E-state index in [9.17, 15) is 31.1 Å². The normalized spacial score (nSPS) is 16.2. The lowest BCUT2D eigenvalue weighted by Gasteiger charge is -2.23. The van der Waals surface area contributed by atoms with E-state index >= 15 is 0 Å². The molecule has 1 atom stereocenters. The third kappa shape index (κ3) is 5.44. The Balaban J connectivity index is 1.79. The summed E-state index contributed by atoms with van der Waals surface area (Å²) in [6, 6.07) is 4.33. The lowest BCUT2D eigenvalue weighted by atomic mass is 10.2. The summed E-state index contributed by atoms with van der Waals surface area (Å²) in [6.45, 7) is 0.326. The van der Waals surface area contributed by atoms with Crippen molar-refractivity contribution in [3.63, 3.8) is 0 Å². The number of pyridine rings is 2. The second kappa shape index (κ2) is 9.54. The van der Waals surface area contributed by atoms with Crippen molar-refractivity contribution in [2.75, 3.05) is 23.9 Å². The quantitative estimate of drug-likeness (QED) is 0.396. The molecule has 0 unspecified atom stereocenters. The van der Waals surface area contributed by atoms with Gasteiger partial charge in [-0.15, -0.1) is 0 Å². The molecule has 1 fully saturated rings.